The molecule has 1 aromatic carbocycles. The highest BCUT2D eigenvalue weighted by molar-refractivity contribution is 9.10. The van der Waals surface area contributed by atoms with Crippen molar-refractivity contribution in [3.8, 4) is 0 Å². The molecule has 5 heteroatoms. The molecule has 0 radical (unpaired) electrons. The lowest BCUT2D eigenvalue weighted by molar-refractivity contribution is -0.117. The van der Waals surface area contributed by atoms with Crippen molar-refractivity contribution in [1.82, 2.24) is 4.90 Å². The van der Waals surface area contributed by atoms with Crippen molar-refractivity contribution >= 4 is 33.8 Å². The van der Waals surface area contributed by atoms with E-state index in [0.717, 1.165) is 47.9 Å². The van der Waals surface area contributed by atoms with Gasteiger partial charge in [0, 0.05) is 16.1 Å². The minimum Gasteiger partial charge on any atom is -0.325 e. The van der Waals surface area contributed by atoms with Crippen LogP contribution in [0.1, 0.15) is 18.4 Å². The van der Waals surface area contributed by atoms with E-state index in [0.29, 0.717) is 6.54 Å². The summed E-state index contributed by atoms with van der Waals surface area (Å²) in [5, 5.41) is 2.94. The van der Waals surface area contributed by atoms with E-state index in [4.69, 9.17) is 0 Å². The lowest BCUT2D eigenvalue weighted by atomic mass is 9.99. The van der Waals surface area contributed by atoms with Gasteiger partial charge in [0.2, 0.25) is 5.91 Å². The van der Waals surface area contributed by atoms with E-state index in [1.54, 1.807) is 0 Å². The number of hydrogen-bond donors (Lipinski definition) is 1. The van der Waals surface area contributed by atoms with E-state index in [9.17, 15) is 9.59 Å². The molecular weight excluding hydrogens is 320 g/mol. The number of hydrogen-bond acceptors (Lipinski definition) is 3. The van der Waals surface area contributed by atoms with Gasteiger partial charge in [-0.05, 0) is 56.6 Å². The zero-order valence-corrected chi connectivity index (χ0v) is 13.1. The molecule has 1 saturated heterocycles. The third-order valence-corrected chi connectivity index (χ3v) is 4.15. The number of rotatable bonds is 4. The maximum Gasteiger partial charge on any atom is 0.238 e. The maximum atomic E-state index is 12.0. The Hall–Kier alpha value is -1.20. The lowest BCUT2D eigenvalue weighted by Gasteiger charge is -2.28. The number of carbonyl (C=O) groups excluding carboxylic acids is 2. The molecule has 1 heterocycles. The fraction of sp³-hybridized carbons (Fsp3) is 0.467. The third kappa shape index (κ3) is 4.15. The molecule has 108 valence electrons. The van der Waals surface area contributed by atoms with Gasteiger partial charge in [-0.25, -0.2) is 0 Å². The van der Waals surface area contributed by atoms with Crippen molar-refractivity contribution in [3.63, 3.8) is 0 Å². The monoisotopic (exact) mass is 338 g/mol. The number of carbonyl (C=O) groups is 2. The van der Waals surface area contributed by atoms with E-state index >= 15 is 0 Å². The van der Waals surface area contributed by atoms with Crippen LogP contribution in [-0.2, 0) is 9.59 Å². The molecule has 4 nitrogen and oxygen atoms in total. The van der Waals surface area contributed by atoms with Crippen LogP contribution in [0.4, 0.5) is 5.69 Å². The average molecular weight is 339 g/mol. The Kier molecular flexibility index (Phi) is 5.31. The molecule has 0 aromatic heterocycles. The van der Waals surface area contributed by atoms with Gasteiger partial charge in [0.15, 0.2) is 0 Å². The zero-order chi connectivity index (χ0) is 14.5. The Morgan fingerprint density at radius 1 is 1.45 bits per heavy atom. The van der Waals surface area contributed by atoms with Gasteiger partial charge in [-0.1, -0.05) is 15.9 Å². The van der Waals surface area contributed by atoms with Crippen LogP contribution in [0.25, 0.3) is 0 Å². The van der Waals surface area contributed by atoms with Crippen molar-refractivity contribution in [2.24, 2.45) is 5.92 Å². The van der Waals surface area contributed by atoms with E-state index in [2.05, 4.69) is 26.1 Å². The molecule has 1 aliphatic heterocycles. The molecule has 0 spiro atoms. The normalized spacial score (nSPS) is 16.9. The van der Waals surface area contributed by atoms with E-state index < -0.39 is 0 Å². The van der Waals surface area contributed by atoms with Gasteiger partial charge in [0.05, 0.1) is 6.54 Å². The van der Waals surface area contributed by atoms with Gasteiger partial charge < -0.3 is 10.1 Å². The van der Waals surface area contributed by atoms with Crippen LogP contribution in [-0.4, -0.2) is 36.7 Å². The summed E-state index contributed by atoms with van der Waals surface area (Å²) < 4.78 is 1.00. The molecule has 1 aromatic rings. The van der Waals surface area contributed by atoms with Gasteiger partial charge in [-0.2, -0.15) is 0 Å². The largest absolute Gasteiger partial charge is 0.325 e. The fourth-order valence-corrected chi connectivity index (χ4v) is 2.88. The molecule has 20 heavy (non-hydrogen) atoms. The van der Waals surface area contributed by atoms with E-state index in [1.807, 2.05) is 25.1 Å². The summed E-state index contributed by atoms with van der Waals surface area (Å²) in [6, 6.07) is 5.79. The standard InChI is InChI=1S/C15H19BrN2O2/c1-11-8-13(16)2-3-14(11)17-15(20)9-18-6-4-12(10-19)5-7-18/h2-3,8,10,12H,4-7,9H2,1H3,(H,17,20). The minimum atomic E-state index is -0.0000227. The topological polar surface area (TPSA) is 49.4 Å². The molecule has 2 rings (SSSR count). The first kappa shape index (κ1) is 15.2. The first-order chi connectivity index (χ1) is 9.58. The maximum absolute atomic E-state index is 12.0. The first-order valence-corrected chi connectivity index (χ1v) is 7.61. The van der Waals surface area contributed by atoms with Gasteiger partial charge in [-0.3, -0.25) is 9.69 Å². The predicted molar refractivity (Wildman–Crippen MR) is 82.7 cm³/mol. The molecule has 1 N–H and O–H groups in total. The summed E-state index contributed by atoms with van der Waals surface area (Å²) >= 11 is 3.41. The van der Waals surface area contributed by atoms with Crippen LogP contribution in [0.3, 0.4) is 0 Å². The van der Waals surface area contributed by atoms with E-state index in [-0.39, 0.29) is 11.8 Å². The highest BCUT2D eigenvalue weighted by Crippen LogP contribution is 2.20. The number of aldehydes is 1. The predicted octanol–water partition coefficient (Wildman–Crippen LogP) is 2.61. The van der Waals surface area contributed by atoms with Gasteiger partial charge in [0.25, 0.3) is 0 Å². The van der Waals surface area contributed by atoms with Crippen LogP contribution >= 0.6 is 15.9 Å². The SMILES string of the molecule is Cc1cc(Br)ccc1NC(=O)CN1CCC(C=O)CC1. The fourth-order valence-electron chi connectivity index (χ4n) is 2.41. The quantitative estimate of drug-likeness (QED) is 0.858. The van der Waals surface area contributed by atoms with Crippen molar-refractivity contribution in [2.75, 3.05) is 25.0 Å². The Bertz CT molecular complexity index is 497. The van der Waals surface area contributed by atoms with Crippen molar-refractivity contribution < 1.29 is 9.59 Å². The van der Waals surface area contributed by atoms with Gasteiger partial charge >= 0.3 is 0 Å². The van der Waals surface area contributed by atoms with Crippen LogP contribution in [0, 0.1) is 12.8 Å². The Labute approximate surface area is 127 Å². The van der Waals surface area contributed by atoms with Crippen LogP contribution in [0.2, 0.25) is 0 Å². The smallest absolute Gasteiger partial charge is 0.238 e. The molecule has 0 aliphatic carbocycles. The average Bonchev–Trinajstić information content (AvgIpc) is 2.43. The Morgan fingerprint density at radius 3 is 2.75 bits per heavy atom. The number of anilines is 1. The molecule has 0 atom stereocenters. The van der Waals surface area contributed by atoms with Crippen molar-refractivity contribution in [1.29, 1.82) is 0 Å². The minimum absolute atomic E-state index is 0.0000227. The van der Waals surface area contributed by atoms with Crippen molar-refractivity contribution in [2.45, 2.75) is 19.8 Å². The van der Waals surface area contributed by atoms with Crippen molar-refractivity contribution in [3.05, 3.63) is 28.2 Å². The Balaban J connectivity index is 1.85. The number of amides is 1. The summed E-state index contributed by atoms with van der Waals surface area (Å²) in [5.41, 5.74) is 1.88. The van der Waals surface area contributed by atoms with E-state index in [1.165, 1.54) is 0 Å². The summed E-state index contributed by atoms with van der Waals surface area (Å²) in [4.78, 5) is 24.8. The molecule has 0 saturated carbocycles. The summed E-state index contributed by atoms with van der Waals surface area (Å²) in [7, 11) is 0. The lowest BCUT2D eigenvalue weighted by Crippen LogP contribution is -2.39. The number of halogens is 1. The summed E-state index contributed by atoms with van der Waals surface area (Å²) in [6.07, 6.45) is 2.74. The highest BCUT2D eigenvalue weighted by atomic mass is 79.9. The molecule has 1 aliphatic rings. The highest BCUT2D eigenvalue weighted by Gasteiger charge is 2.20. The molecule has 1 amide bonds. The zero-order valence-electron chi connectivity index (χ0n) is 11.6. The van der Waals surface area contributed by atoms with Gasteiger partial charge in [0.1, 0.15) is 6.29 Å². The molecule has 1 fully saturated rings. The number of nitrogens with zero attached hydrogens (tertiary/aromatic N) is 1. The third-order valence-electron chi connectivity index (χ3n) is 3.65. The molecule has 0 bridgehead atoms. The number of nitrogens with one attached hydrogen (secondary N) is 1. The number of likely N-dealkylation sites (tertiary alicyclic amines) is 1. The first-order valence-electron chi connectivity index (χ1n) is 6.82. The number of benzene rings is 1. The van der Waals surface area contributed by atoms with Crippen LogP contribution in [0.15, 0.2) is 22.7 Å². The Morgan fingerprint density at radius 2 is 2.15 bits per heavy atom. The van der Waals surface area contributed by atoms with Gasteiger partial charge in [-0.15, -0.1) is 0 Å². The van der Waals surface area contributed by atoms with Crippen LogP contribution < -0.4 is 5.32 Å². The number of piperidine rings is 1. The molecule has 0 unspecified atom stereocenters. The number of aryl methyl sites for hydroxylation is 1. The molecular formula is C15H19BrN2O2. The summed E-state index contributed by atoms with van der Waals surface area (Å²) in [6.45, 7) is 3.99. The second-order valence-electron chi connectivity index (χ2n) is 5.26. The van der Waals surface area contributed by atoms with Crippen LogP contribution in [0.5, 0.6) is 0 Å². The second kappa shape index (κ2) is 6.99. The second-order valence-corrected chi connectivity index (χ2v) is 6.17. The summed E-state index contributed by atoms with van der Waals surface area (Å²) in [5.74, 6) is 0.169.